The summed E-state index contributed by atoms with van der Waals surface area (Å²) in [6.07, 6.45) is 8.59. The zero-order chi connectivity index (χ0) is 12.4. The van der Waals surface area contributed by atoms with Crippen LogP contribution in [0.25, 0.3) is 6.08 Å². The van der Waals surface area contributed by atoms with E-state index in [-0.39, 0.29) is 0 Å². The maximum absolute atomic E-state index is 8.88. The molecule has 3 unspecified atom stereocenters. The zero-order valence-electron chi connectivity index (χ0n) is 10.5. The van der Waals surface area contributed by atoms with Gasteiger partial charge in [-0.05, 0) is 48.9 Å². The van der Waals surface area contributed by atoms with Gasteiger partial charge in [-0.3, -0.25) is 0 Å². The van der Waals surface area contributed by atoms with Crippen molar-refractivity contribution in [3.05, 3.63) is 41.5 Å². The van der Waals surface area contributed by atoms with E-state index < -0.39 is 0 Å². The molecule has 3 atom stereocenters. The molecule has 1 aromatic carbocycles. The topological polar surface area (TPSA) is 35.8 Å². The largest absolute Gasteiger partial charge is 0.310 e. The standard InChI is InChI=1S/C16H18N2/c17-10-13-4-1-3-12(9-13)7-8-16-15-6-2-5-14(15)11-18-16/h1,3-4,7-9,14-16,18H,2,5-6,11H2/b8-7+. The molecule has 2 aliphatic rings. The van der Waals surface area contributed by atoms with Crippen molar-refractivity contribution in [2.75, 3.05) is 6.54 Å². The molecule has 0 spiro atoms. The van der Waals surface area contributed by atoms with E-state index in [0.29, 0.717) is 6.04 Å². The van der Waals surface area contributed by atoms with E-state index in [4.69, 9.17) is 5.26 Å². The highest BCUT2D eigenvalue weighted by molar-refractivity contribution is 5.53. The van der Waals surface area contributed by atoms with Gasteiger partial charge >= 0.3 is 0 Å². The summed E-state index contributed by atoms with van der Waals surface area (Å²) in [5.41, 5.74) is 1.85. The van der Waals surface area contributed by atoms with Gasteiger partial charge in [-0.15, -0.1) is 0 Å². The second kappa shape index (κ2) is 4.96. The number of benzene rings is 1. The van der Waals surface area contributed by atoms with Crippen LogP contribution in [0.15, 0.2) is 30.3 Å². The van der Waals surface area contributed by atoms with Gasteiger partial charge in [-0.2, -0.15) is 5.26 Å². The molecule has 2 heteroatoms. The minimum atomic E-state index is 0.531. The number of nitrogens with zero attached hydrogens (tertiary/aromatic N) is 1. The number of hydrogen-bond donors (Lipinski definition) is 1. The predicted octanol–water partition coefficient (Wildman–Crippen LogP) is 2.96. The van der Waals surface area contributed by atoms with Crippen molar-refractivity contribution >= 4 is 6.08 Å². The molecule has 0 bridgehead atoms. The third-order valence-electron chi connectivity index (χ3n) is 4.31. The summed E-state index contributed by atoms with van der Waals surface area (Å²) < 4.78 is 0. The molecule has 18 heavy (non-hydrogen) atoms. The molecule has 0 amide bonds. The minimum Gasteiger partial charge on any atom is -0.310 e. The lowest BCUT2D eigenvalue weighted by atomic mass is 9.93. The van der Waals surface area contributed by atoms with Crippen molar-refractivity contribution in [3.63, 3.8) is 0 Å². The second-order valence-corrected chi connectivity index (χ2v) is 5.39. The van der Waals surface area contributed by atoms with Crippen molar-refractivity contribution in [1.82, 2.24) is 5.32 Å². The summed E-state index contributed by atoms with van der Waals surface area (Å²) >= 11 is 0. The summed E-state index contributed by atoms with van der Waals surface area (Å²) in [6.45, 7) is 1.18. The average molecular weight is 238 g/mol. The van der Waals surface area contributed by atoms with Gasteiger partial charge in [0.25, 0.3) is 0 Å². The van der Waals surface area contributed by atoms with Gasteiger partial charge in [-0.1, -0.05) is 30.7 Å². The SMILES string of the molecule is N#Cc1cccc(/C=C/C2NCC3CCCC32)c1. The molecule has 1 aliphatic carbocycles. The smallest absolute Gasteiger partial charge is 0.0991 e. The summed E-state index contributed by atoms with van der Waals surface area (Å²) in [4.78, 5) is 0. The third kappa shape index (κ3) is 2.19. The lowest BCUT2D eigenvalue weighted by Gasteiger charge is -2.13. The normalized spacial score (nSPS) is 30.5. The van der Waals surface area contributed by atoms with Crippen molar-refractivity contribution in [1.29, 1.82) is 5.26 Å². The van der Waals surface area contributed by atoms with E-state index in [2.05, 4.69) is 29.6 Å². The highest BCUT2D eigenvalue weighted by Crippen LogP contribution is 2.38. The van der Waals surface area contributed by atoms with Crippen LogP contribution in [-0.4, -0.2) is 12.6 Å². The first-order chi connectivity index (χ1) is 8.86. The molecule has 1 N–H and O–H groups in total. The fourth-order valence-electron chi connectivity index (χ4n) is 3.37. The number of nitrogens with one attached hydrogen (secondary N) is 1. The van der Waals surface area contributed by atoms with Crippen molar-refractivity contribution in [2.24, 2.45) is 11.8 Å². The van der Waals surface area contributed by atoms with Gasteiger partial charge in [0.1, 0.15) is 0 Å². The number of fused-ring (bicyclic) bond motifs is 1. The average Bonchev–Trinajstić information content (AvgIpc) is 3.00. The lowest BCUT2D eigenvalue weighted by Crippen LogP contribution is -2.23. The summed E-state index contributed by atoms with van der Waals surface area (Å²) in [7, 11) is 0. The van der Waals surface area contributed by atoms with E-state index in [0.717, 1.165) is 23.0 Å². The molecule has 1 aromatic rings. The third-order valence-corrected chi connectivity index (χ3v) is 4.31. The van der Waals surface area contributed by atoms with Crippen LogP contribution in [0, 0.1) is 23.2 Å². The van der Waals surface area contributed by atoms with Gasteiger partial charge in [0.05, 0.1) is 11.6 Å². The second-order valence-electron chi connectivity index (χ2n) is 5.39. The lowest BCUT2D eigenvalue weighted by molar-refractivity contribution is 0.456. The molecule has 1 aliphatic heterocycles. The molecule has 3 rings (SSSR count). The number of rotatable bonds is 2. The maximum Gasteiger partial charge on any atom is 0.0991 e. The van der Waals surface area contributed by atoms with Gasteiger partial charge in [0, 0.05) is 6.04 Å². The van der Waals surface area contributed by atoms with E-state index >= 15 is 0 Å². The summed E-state index contributed by atoms with van der Waals surface area (Å²) in [6, 6.07) is 10.5. The van der Waals surface area contributed by atoms with Gasteiger partial charge in [0.2, 0.25) is 0 Å². The van der Waals surface area contributed by atoms with Crippen LogP contribution in [0.2, 0.25) is 0 Å². The van der Waals surface area contributed by atoms with Crippen LogP contribution in [-0.2, 0) is 0 Å². The quantitative estimate of drug-likeness (QED) is 0.859. The number of hydrogen-bond acceptors (Lipinski definition) is 2. The van der Waals surface area contributed by atoms with E-state index in [1.165, 1.54) is 25.8 Å². The Labute approximate surface area is 108 Å². The van der Waals surface area contributed by atoms with Crippen LogP contribution in [0.5, 0.6) is 0 Å². The molecule has 0 radical (unpaired) electrons. The Kier molecular flexibility index (Phi) is 3.17. The van der Waals surface area contributed by atoms with E-state index in [1.807, 2.05) is 18.2 Å². The van der Waals surface area contributed by atoms with Crippen LogP contribution in [0.4, 0.5) is 0 Å². The van der Waals surface area contributed by atoms with Crippen LogP contribution >= 0.6 is 0 Å². The van der Waals surface area contributed by atoms with Gasteiger partial charge in [-0.25, -0.2) is 0 Å². The Bertz CT molecular complexity index is 498. The Hall–Kier alpha value is -1.59. The first-order valence-corrected chi connectivity index (χ1v) is 6.78. The van der Waals surface area contributed by atoms with E-state index in [9.17, 15) is 0 Å². The van der Waals surface area contributed by atoms with Crippen molar-refractivity contribution in [2.45, 2.75) is 25.3 Å². The monoisotopic (exact) mass is 238 g/mol. The zero-order valence-corrected chi connectivity index (χ0v) is 10.5. The molecule has 2 nitrogen and oxygen atoms in total. The molecule has 0 aromatic heterocycles. The van der Waals surface area contributed by atoms with Gasteiger partial charge < -0.3 is 5.32 Å². The van der Waals surface area contributed by atoms with Crippen LogP contribution in [0.3, 0.4) is 0 Å². The Morgan fingerprint density at radius 2 is 2.28 bits per heavy atom. The molecular formula is C16H18N2. The molecule has 1 saturated carbocycles. The van der Waals surface area contributed by atoms with Crippen molar-refractivity contribution < 1.29 is 0 Å². The minimum absolute atomic E-state index is 0.531. The van der Waals surface area contributed by atoms with Gasteiger partial charge in [0.15, 0.2) is 0 Å². The summed E-state index contributed by atoms with van der Waals surface area (Å²) in [5.74, 6) is 1.73. The summed E-state index contributed by atoms with van der Waals surface area (Å²) in [5, 5.41) is 12.5. The molecule has 1 saturated heterocycles. The first-order valence-electron chi connectivity index (χ1n) is 6.78. The molecule has 1 heterocycles. The van der Waals surface area contributed by atoms with Crippen molar-refractivity contribution in [3.8, 4) is 6.07 Å². The fourth-order valence-corrected chi connectivity index (χ4v) is 3.37. The first kappa shape index (κ1) is 11.5. The highest BCUT2D eigenvalue weighted by atomic mass is 15.0. The molecule has 92 valence electrons. The predicted molar refractivity (Wildman–Crippen MR) is 72.8 cm³/mol. The fraction of sp³-hybridized carbons (Fsp3) is 0.438. The highest BCUT2D eigenvalue weighted by Gasteiger charge is 2.37. The van der Waals surface area contributed by atoms with Crippen LogP contribution in [0.1, 0.15) is 30.4 Å². The molecular weight excluding hydrogens is 220 g/mol. The Balaban J connectivity index is 1.72. The van der Waals surface area contributed by atoms with E-state index in [1.54, 1.807) is 0 Å². The number of nitriles is 1. The maximum atomic E-state index is 8.88. The van der Waals surface area contributed by atoms with Crippen LogP contribution < -0.4 is 5.32 Å². The Morgan fingerprint density at radius 1 is 1.33 bits per heavy atom. The molecule has 2 fully saturated rings. The Morgan fingerprint density at radius 3 is 3.17 bits per heavy atom.